The van der Waals surface area contributed by atoms with Gasteiger partial charge in [-0.2, -0.15) is 0 Å². The van der Waals surface area contributed by atoms with Crippen molar-refractivity contribution in [3.8, 4) is 5.75 Å². The van der Waals surface area contributed by atoms with Crippen molar-refractivity contribution in [1.29, 1.82) is 0 Å². The Balaban J connectivity index is 1.88. The molecule has 2 rings (SSSR count). The summed E-state index contributed by atoms with van der Waals surface area (Å²) in [4.78, 5) is 0. The van der Waals surface area contributed by atoms with E-state index in [0.29, 0.717) is 0 Å². The van der Waals surface area contributed by atoms with E-state index in [4.69, 9.17) is 4.74 Å². The van der Waals surface area contributed by atoms with E-state index in [2.05, 4.69) is 31.3 Å². The highest BCUT2D eigenvalue weighted by Crippen LogP contribution is 2.23. The van der Waals surface area contributed by atoms with Crippen LogP contribution in [0, 0.1) is 13.8 Å². The second-order valence-corrected chi connectivity index (χ2v) is 5.08. The Hall–Kier alpha value is -1.02. The first-order valence-electron chi connectivity index (χ1n) is 6.58. The molecule has 17 heavy (non-hydrogen) atoms. The fourth-order valence-electron chi connectivity index (χ4n) is 2.21. The number of methoxy groups -OCH3 is 1. The van der Waals surface area contributed by atoms with Gasteiger partial charge in [0.2, 0.25) is 0 Å². The summed E-state index contributed by atoms with van der Waals surface area (Å²) in [7, 11) is 1.74. The van der Waals surface area contributed by atoms with E-state index in [9.17, 15) is 0 Å². The quantitative estimate of drug-likeness (QED) is 0.763. The summed E-state index contributed by atoms with van der Waals surface area (Å²) in [6.07, 6.45) is 5.14. The molecule has 1 aliphatic carbocycles. The van der Waals surface area contributed by atoms with E-state index >= 15 is 0 Å². The minimum Gasteiger partial charge on any atom is -0.496 e. The van der Waals surface area contributed by atoms with Crippen LogP contribution in [0.3, 0.4) is 0 Å². The smallest absolute Gasteiger partial charge is 0.122 e. The van der Waals surface area contributed by atoms with E-state index in [0.717, 1.165) is 24.8 Å². The third kappa shape index (κ3) is 3.47. The van der Waals surface area contributed by atoms with E-state index in [-0.39, 0.29) is 0 Å². The molecule has 2 heteroatoms. The van der Waals surface area contributed by atoms with Crippen molar-refractivity contribution in [2.24, 2.45) is 0 Å². The van der Waals surface area contributed by atoms with Gasteiger partial charge >= 0.3 is 0 Å². The molecule has 0 spiro atoms. The molecule has 0 atom stereocenters. The van der Waals surface area contributed by atoms with Crippen molar-refractivity contribution < 1.29 is 4.74 Å². The van der Waals surface area contributed by atoms with E-state index in [1.807, 2.05) is 0 Å². The van der Waals surface area contributed by atoms with Gasteiger partial charge in [0, 0.05) is 6.04 Å². The van der Waals surface area contributed by atoms with Crippen molar-refractivity contribution >= 4 is 0 Å². The number of benzene rings is 1. The van der Waals surface area contributed by atoms with Gasteiger partial charge in [0.1, 0.15) is 5.75 Å². The molecule has 1 aliphatic rings. The van der Waals surface area contributed by atoms with E-state index in [1.165, 1.54) is 36.0 Å². The van der Waals surface area contributed by atoms with Crippen LogP contribution < -0.4 is 10.1 Å². The maximum Gasteiger partial charge on any atom is 0.122 e. The Morgan fingerprint density at radius 2 is 2.00 bits per heavy atom. The Bertz CT molecular complexity index is 383. The highest BCUT2D eigenvalue weighted by atomic mass is 16.5. The molecule has 0 heterocycles. The highest BCUT2D eigenvalue weighted by molar-refractivity contribution is 5.41. The average molecular weight is 233 g/mol. The predicted octanol–water partition coefficient (Wildman–Crippen LogP) is 3.00. The molecule has 94 valence electrons. The molecule has 1 fully saturated rings. The van der Waals surface area contributed by atoms with Gasteiger partial charge in [-0.25, -0.2) is 0 Å². The van der Waals surface area contributed by atoms with Gasteiger partial charge in [-0.05, 0) is 68.8 Å². The summed E-state index contributed by atoms with van der Waals surface area (Å²) in [6.45, 7) is 5.44. The molecule has 1 aromatic rings. The van der Waals surface area contributed by atoms with Gasteiger partial charge in [-0.3, -0.25) is 0 Å². The molecular formula is C15H23NO. The molecule has 1 saturated carbocycles. The second-order valence-electron chi connectivity index (χ2n) is 5.08. The molecular weight excluding hydrogens is 210 g/mol. The van der Waals surface area contributed by atoms with Crippen LogP contribution in [0.15, 0.2) is 12.1 Å². The number of aryl methyl sites for hydroxylation is 3. The number of nitrogens with one attached hydrogen (secondary N) is 1. The van der Waals surface area contributed by atoms with Crippen molar-refractivity contribution in [3.63, 3.8) is 0 Å². The predicted molar refractivity (Wildman–Crippen MR) is 71.8 cm³/mol. The third-order valence-electron chi connectivity index (χ3n) is 3.49. The lowest BCUT2D eigenvalue weighted by Gasteiger charge is -2.11. The van der Waals surface area contributed by atoms with Crippen LogP contribution in [-0.2, 0) is 6.42 Å². The minimum absolute atomic E-state index is 0.828. The largest absolute Gasteiger partial charge is 0.496 e. The summed E-state index contributed by atoms with van der Waals surface area (Å²) in [6, 6.07) is 5.25. The highest BCUT2D eigenvalue weighted by Gasteiger charge is 2.19. The fraction of sp³-hybridized carbons (Fsp3) is 0.600. The Labute approximate surface area is 104 Å². The second kappa shape index (κ2) is 5.54. The maximum atomic E-state index is 5.33. The van der Waals surface area contributed by atoms with Crippen LogP contribution in [0.4, 0.5) is 0 Å². The topological polar surface area (TPSA) is 21.3 Å². The molecule has 0 unspecified atom stereocenters. The molecule has 1 aromatic carbocycles. The van der Waals surface area contributed by atoms with Crippen LogP contribution in [0.5, 0.6) is 5.75 Å². The zero-order valence-corrected chi connectivity index (χ0v) is 11.2. The summed E-state index contributed by atoms with van der Waals surface area (Å²) in [5.74, 6) is 1.00. The molecule has 1 N–H and O–H groups in total. The molecule has 0 bridgehead atoms. The van der Waals surface area contributed by atoms with Gasteiger partial charge in [0.25, 0.3) is 0 Å². The molecule has 0 aliphatic heterocycles. The summed E-state index contributed by atoms with van der Waals surface area (Å²) in [5, 5.41) is 3.56. The average Bonchev–Trinajstić information content (AvgIpc) is 3.12. The first-order chi connectivity index (χ1) is 8.20. The number of hydrogen-bond donors (Lipinski definition) is 1. The zero-order chi connectivity index (χ0) is 12.3. The van der Waals surface area contributed by atoms with E-state index in [1.54, 1.807) is 7.11 Å². The van der Waals surface area contributed by atoms with Crippen LogP contribution in [0.1, 0.15) is 36.0 Å². The van der Waals surface area contributed by atoms with Crippen molar-refractivity contribution in [2.75, 3.05) is 13.7 Å². The first kappa shape index (κ1) is 12.4. The standard InChI is InChI=1S/C15H23NO/c1-11-10-15(17-3)12(2)9-13(11)5-4-8-16-14-6-7-14/h9-10,14,16H,4-8H2,1-3H3. The Morgan fingerprint density at radius 3 is 2.65 bits per heavy atom. The zero-order valence-electron chi connectivity index (χ0n) is 11.2. The van der Waals surface area contributed by atoms with Crippen LogP contribution >= 0.6 is 0 Å². The van der Waals surface area contributed by atoms with Gasteiger partial charge in [0.05, 0.1) is 7.11 Å². The van der Waals surface area contributed by atoms with Gasteiger partial charge in [0.15, 0.2) is 0 Å². The molecule has 2 nitrogen and oxygen atoms in total. The van der Waals surface area contributed by atoms with E-state index < -0.39 is 0 Å². The Kier molecular flexibility index (Phi) is 4.06. The first-order valence-corrected chi connectivity index (χ1v) is 6.58. The van der Waals surface area contributed by atoms with Crippen LogP contribution in [-0.4, -0.2) is 19.7 Å². The van der Waals surface area contributed by atoms with Crippen molar-refractivity contribution in [3.05, 3.63) is 28.8 Å². The van der Waals surface area contributed by atoms with Crippen LogP contribution in [0.25, 0.3) is 0 Å². The van der Waals surface area contributed by atoms with Crippen LogP contribution in [0.2, 0.25) is 0 Å². The number of ether oxygens (including phenoxy) is 1. The lowest BCUT2D eigenvalue weighted by atomic mass is 10.0. The third-order valence-corrected chi connectivity index (χ3v) is 3.49. The lowest BCUT2D eigenvalue weighted by molar-refractivity contribution is 0.411. The normalized spacial score (nSPS) is 15.0. The molecule has 0 aromatic heterocycles. The van der Waals surface area contributed by atoms with Crippen molar-refractivity contribution in [1.82, 2.24) is 5.32 Å². The summed E-state index contributed by atoms with van der Waals surface area (Å²) >= 11 is 0. The minimum atomic E-state index is 0.828. The molecule has 0 amide bonds. The maximum absolute atomic E-state index is 5.33. The fourth-order valence-corrected chi connectivity index (χ4v) is 2.21. The summed E-state index contributed by atoms with van der Waals surface area (Å²) < 4.78 is 5.33. The lowest BCUT2D eigenvalue weighted by Crippen LogP contribution is -2.18. The van der Waals surface area contributed by atoms with Crippen molar-refractivity contribution in [2.45, 2.75) is 45.6 Å². The van der Waals surface area contributed by atoms with Gasteiger partial charge in [-0.1, -0.05) is 6.07 Å². The summed E-state index contributed by atoms with van der Waals surface area (Å²) in [5.41, 5.74) is 4.04. The Morgan fingerprint density at radius 1 is 1.24 bits per heavy atom. The number of hydrogen-bond acceptors (Lipinski definition) is 2. The SMILES string of the molecule is COc1cc(C)c(CCCNC2CC2)cc1C. The molecule has 0 radical (unpaired) electrons. The van der Waals surface area contributed by atoms with Gasteiger partial charge in [-0.15, -0.1) is 0 Å². The molecule has 0 saturated heterocycles. The monoisotopic (exact) mass is 233 g/mol. The number of rotatable bonds is 6. The van der Waals surface area contributed by atoms with Gasteiger partial charge < -0.3 is 10.1 Å².